The lowest BCUT2D eigenvalue weighted by atomic mass is 9.89. The Bertz CT molecular complexity index is 898. The zero-order chi connectivity index (χ0) is 20.8. The average Bonchev–Trinajstić information content (AvgIpc) is 2.92. The number of benzene rings is 1. The molecule has 0 spiro atoms. The number of piperidine rings is 1. The number of ether oxygens (including phenoxy) is 1. The molecule has 1 aromatic carbocycles. The highest BCUT2D eigenvalue weighted by atomic mass is 32.2. The van der Waals surface area contributed by atoms with Gasteiger partial charge < -0.3 is 9.64 Å². The summed E-state index contributed by atoms with van der Waals surface area (Å²) in [4.78, 5) is 19.9. The number of amides is 1. The highest BCUT2D eigenvalue weighted by Crippen LogP contribution is 2.42. The fraction of sp³-hybridized carbons (Fsp3) is 0.417. The normalized spacial score (nSPS) is 15.5. The number of nitrogens with zero attached hydrogens (tertiary/aromatic N) is 2. The highest BCUT2D eigenvalue weighted by Gasteiger charge is 2.27. The Hall–Kier alpha value is -2.27. The Labute approximate surface area is 178 Å². The minimum Gasteiger partial charge on any atom is -0.450 e. The summed E-state index contributed by atoms with van der Waals surface area (Å²) in [5.74, 6) is 0.936. The third-order valence-corrected chi connectivity index (χ3v) is 6.27. The van der Waals surface area contributed by atoms with Crippen molar-refractivity contribution in [2.45, 2.75) is 51.2 Å². The minimum atomic E-state index is -0.201. The van der Waals surface area contributed by atoms with E-state index in [2.05, 4.69) is 31.2 Å². The van der Waals surface area contributed by atoms with Gasteiger partial charge in [0, 0.05) is 35.5 Å². The van der Waals surface area contributed by atoms with Crippen LogP contribution in [0.25, 0.3) is 5.57 Å². The Morgan fingerprint density at radius 2 is 1.97 bits per heavy atom. The van der Waals surface area contributed by atoms with E-state index in [1.54, 1.807) is 0 Å². The summed E-state index contributed by atoms with van der Waals surface area (Å²) >= 11 is 1.89. The van der Waals surface area contributed by atoms with Crippen LogP contribution in [0.15, 0.2) is 47.0 Å². The molecule has 29 heavy (non-hydrogen) atoms. The maximum atomic E-state index is 12.0. The first-order chi connectivity index (χ1) is 14.2. The molecule has 2 aliphatic rings. The zero-order valence-corrected chi connectivity index (χ0v) is 18.6. The molecule has 0 saturated carbocycles. The largest absolute Gasteiger partial charge is 0.450 e. The van der Waals surface area contributed by atoms with E-state index in [9.17, 15) is 4.79 Å². The lowest BCUT2D eigenvalue weighted by molar-refractivity contribution is 0.104. The van der Waals surface area contributed by atoms with Crippen LogP contribution in [0.4, 0.5) is 4.79 Å². The summed E-state index contributed by atoms with van der Waals surface area (Å²) in [5.41, 5.74) is 7.61. The van der Waals surface area contributed by atoms with Gasteiger partial charge in [-0.2, -0.15) is 0 Å². The van der Waals surface area contributed by atoms with Crippen LogP contribution in [0.1, 0.15) is 56.0 Å². The summed E-state index contributed by atoms with van der Waals surface area (Å²) in [6.07, 6.45) is 3.41. The van der Waals surface area contributed by atoms with Gasteiger partial charge in [0.1, 0.15) is 0 Å². The summed E-state index contributed by atoms with van der Waals surface area (Å²) in [6, 6.07) is 10.9. The van der Waals surface area contributed by atoms with Crippen molar-refractivity contribution in [3.8, 4) is 0 Å². The summed E-state index contributed by atoms with van der Waals surface area (Å²) < 4.78 is 5.16. The third kappa shape index (κ3) is 4.67. The first kappa shape index (κ1) is 21.4. The topological polar surface area (TPSA) is 42.4 Å². The number of likely N-dealkylation sites (tertiary alicyclic amines) is 1. The molecule has 1 amide bonds. The molecule has 1 aromatic heterocycles. The summed E-state index contributed by atoms with van der Waals surface area (Å²) in [6.45, 7) is 9.81. The van der Waals surface area contributed by atoms with Crippen LogP contribution in [-0.4, -0.2) is 35.7 Å². The van der Waals surface area contributed by atoms with Crippen molar-refractivity contribution >= 4 is 23.4 Å². The van der Waals surface area contributed by atoms with Crippen LogP contribution in [0.3, 0.4) is 0 Å². The van der Waals surface area contributed by atoms with E-state index in [1.807, 2.05) is 49.7 Å². The van der Waals surface area contributed by atoms with Gasteiger partial charge >= 0.3 is 6.09 Å². The molecule has 0 N–H and O–H groups in total. The van der Waals surface area contributed by atoms with Gasteiger partial charge in [-0.3, -0.25) is 4.98 Å². The van der Waals surface area contributed by atoms with Crippen molar-refractivity contribution in [2.75, 3.05) is 19.7 Å². The molecule has 154 valence electrons. The van der Waals surface area contributed by atoms with E-state index in [0.717, 1.165) is 24.3 Å². The minimum absolute atomic E-state index is 0.201. The van der Waals surface area contributed by atoms with Crippen molar-refractivity contribution in [1.29, 1.82) is 0 Å². The molecule has 0 atom stereocenters. The number of rotatable bonds is 1. The maximum Gasteiger partial charge on any atom is 0.409 e. The van der Waals surface area contributed by atoms with Crippen molar-refractivity contribution in [2.24, 2.45) is 0 Å². The molecule has 3 heterocycles. The van der Waals surface area contributed by atoms with Crippen LogP contribution in [0, 0.1) is 6.92 Å². The molecular weight excluding hydrogens is 380 g/mol. The zero-order valence-electron chi connectivity index (χ0n) is 17.8. The number of carbonyl (C=O) groups excluding carboxylic acids is 1. The van der Waals surface area contributed by atoms with Crippen molar-refractivity contribution in [1.82, 2.24) is 9.88 Å². The SMILES string of the molecule is CC.CCOC(=O)N1CCC(=C2c3ccc(C)cc3SCc3cccnc32)CC1. The third-order valence-electron chi connectivity index (χ3n) is 5.16. The Morgan fingerprint density at radius 3 is 2.69 bits per heavy atom. The first-order valence-electron chi connectivity index (χ1n) is 10.5. The lowest BCUT2D eigenvalue weighted by Gasteiger charge is -2.29. The number of hydrogen-bond acceptors (Lipinski definition) is 4. The van der Waals surface area contributed by atoms with Crippen molar-refractivity contribution in [3.63, 3.8) is 0 Å². The molecule has 0 unspecified atom stereocenters. The van der Waals surface area contributed by atoms with E-state index in [0.29, 0.717) is 19.7 Å². The molecular formula is C24H30N2O2S. The number of carbonyl (C=O) groups is 1. The molecule has 0 aliphatic carbocycles. The smallest absolute Gasteiger partial charge is 0.409 e. The molecule has 2 aromatic rings. The number of hydrogen-bond donors (Lipinski definition) is 0. The van der Waals surface area contributed by atoms with Gasteiger partial charge in [-0.15, -0.1) is 11.8 Å². The van der Waals surface area contributed by atoms with Crippen LogP contribution in [0.2, 0.25) is 0 Å². The first-order valence-corrected chi connectivity index (χ1v) is 11.5. The predicted molar refractivity (Wildman–Crippen MR) is 120 cm³/mol. The van der Waals surface area contributed by atoms with E-state index < -0.39 is 0 Å². The van der Waals surface area contributed by atoms with Crippen LogP contribution >= 0.6 is 11.8 Å². The number of fused-ring (bicyclic) bond motifs is 2. The number of thioether (sulfide) groups is 1. The molecule has 4 nitrogen and oxygen atoms in total. The van der Waals surface area contributed by atoms with Crippen LogP contribution < -0.4 is 0 Å². The van der Waals surface area contributed by atoms with Gasteiger partial charge in [0.25, 0.3) is 0 Å². The quantitative estimate of drug-likeness (QED) is 0.572. The van der Waals surface area contributed by atoms with E-state index >= 15 is 0 Å². The van der Waals surface area contributed by atoms with E-state index in [4.69, 9.17) is 9.72 Å². The Morgan fingerprint density at radius 1 is 1.21 bits per heavy atom. The van der Waals surface area contributed by atoms with Gasteiger partial charge in [-0.1, -0.05) is 37.6 Å². The number of aromatic nitrogens is 1. The second-order valence-electron chi connectivity index (χ2n) is 6.96. The second kappa shape index (κ2) is 9.97. The molecule has 2 aliphatic heterocycles. The summed E-state index contributed by atoms with van der Waals surface area (Å²) in [7, 11) is 0. The molecule has 0 bridgehead atoms. The fourth-order valence-electron chi connectivity index (χ4n) is 3.80. The summed E-state index contributed by atoms with van der Waals surface area (Å²) in [5, 5.41) is 0. The molecule has 0 radical (unpaired) electrons. The van der Waals surface area contributed by atoms with Gasteiger partial charge in [0.15, 0.2) is 0 Å². The Kier molecular flexibility index (Phi) is 7.37. The molecule has 1 saturated heterocycles. The van der Waals surface area contributed by atoms with Crippen molar-refractivity contribution < 1.29 is 9.53 Å². The van der Waals surface area contributed by atoms with Gasteiger partial charge in [0.05, 0.1) is 12.3 Å². The Balaban J connectivity index is 0.00000117. The highest BCUT2D eigenvalue weighted by molar-refractivity contribution is 7.98. The molecule has 4 rings (SSSR count). The standard InChI is InChI=1S/C22H24N2O2S.C2H6/c1-3-26-22(25)24-11-8-16(9-12-24)20-18-7-6-15(2)13-19(18)27-14-17-5-4-10-23-21(17)20;1-2/h4-7,10,13H,3,8-9,11-12,14H2,1-2H3;1-2H3. The van der Waals surface area contributed by atoms with Gasteiger partial charge in [-0.05, 0) is 55.5 Å². The van der Waals surface area contributed by atoms with E-state index in [-0.39, 0.29) is 6.09 Å². The monoisotopic (exact) mass is 410 g/mol. The van der Waals surface area contributed by atoms with E-state index in [1.165, 1.54) is 32.7 Å². The molecule has 5 heteroatoms. The van der Waals surface area contributed by atoms with Crippen LogP contribution in [-0.2, 0) is 10.5 Å². The second-order valence-corrected chi connectivity index (χ2v) is 7.98. The number of pyridine rings is 1. The maximum absolute atomic E-state index is 12.0. The van der Waals surface area contributed by atoms with Gasteiger partial charge in [-0.25, -0.2) is 4.79 Å². The number of aryl methyl sites for hydroxylation is 1. The average molecular weight is 411 g/mol. The van der Waals surface area contributed by atoms with Crippen LogP contribution in [0.5, 0.6) is 0 Å². The van der Waals surface area contributed by atoms with Gasteiger partial charge in [0.2, 0.25) is 0 Å². The lowest BCUT2D eigenvalue weighted by Crippen LogP contribution is -2.37. The molecule has 1 fully saturated rings. The fourth-order valence-corrected chi connectivity index (χ4v) is 4.94. The predicted octanol–water partition coefficient (Wildman–Crippen LogP) is 6.08. The van der Waals surface area contributed by atoms with Crippen molar-refractivity contribution in [3.05, 3.63) is 64.5 Å².